The quantitative estimate of drug-likeness (QED) is 0.235. The van der Waals surface area contributed by atoms with Crippen LogP contribution in [0.5, 0.6) is 0 Å². The Kier molecular flexibility index (Phi) is 8.34. The predicted molar refractivity (Wildman–Crippen MR) is 121 cm³/mol. The molecule has 0 aliphatic heterocycles. The molecule has 9 nitrogen and oxygen atoms in total. The zero-order chi connectivity index (χ0) is 20.9. The predicted octanol–water partition coefficient (Wildman–Crippen LogP) is 2.23. The summed E-state index contributed by atoms with van der Waals surface area (Å²) in [6, 6.07) is 7.55. The Bertz CT molecular complexity index is 1100. The molecule has 1 aromatic carbocycles. The summed E-state index contributed by atoms with van der Waals surface area (Å²) in [7, 11) is -1.65. The number of H-pyrrole nitrogens is 1. The van der Waals surface area contributed by atoms with E-state index in [9.17, 15) is 12.8 Å². The maximum absolute atomic E-state index is 13.6. The van der Waals surface area contributed by atoms with E-state index in [1.165, 1.54) is 18.2 Å². The van der Waals surface area contributed by atoms with Crippen molar-refractivity contribution in [3.8, 4) is 11.6 Å². The van der Waals surface area contributed by atoms with Crippen LogP contribution in [-0.4, -0.2) is 42.9 Å². The molecule has 3 rings (SSSR count). The molecule has 0 aliphatic rings. The van der Waals surface area contributed by atoms with Crippen LogP contribution in [0, 0.1) is 5.82 Å². The Hall–Kier alpha value is -2.48. The van der Waals surface area contributed by atoms with Crippen LogP contribution < -0.4 is 10.6 Å². The summed E-state index contributed by atoms with van der Waals surface area (Å²) in [6.07, 6.45) is 2.68. The molecule has 0 atom stereocenters. The molecule has 30 heavy (non-hydrogen) atoms. The Balaban J connectivity index is 0.00000320. The third-order valence-corrected chi connectivity index (χ3v) is 4.79. The van der Waals surface area contributed by atoms with Crippen molar-refractivity contribution in [2.45, 2.75) is 18.8 Å². The first-order valence-corrected chi connectivity index (χ1v) is 10.7. The molecular formula is C18H22FIN6O3S. The van der Waals surface area contributed by atoms with Crippen molar-refractivity contribution >= 4 is 39.8 Å². The minimum Gasteiger partial charge on any atom is -0.461 e. The molecule has 0 spiro atoms. The minimum atomic E-state index is -3.24. The van der Waals surface area contributed by atoms with E-state index < -0.39 is 15.7 Å². The molecule has 0 saturated carbocycles. The van der Waals surface area contributed by atoms with Gasteiger partial charge in [0.1, 0.15) is 11.6 Å². The van der Waals surface area contributed by atoms with Gasteiger partial charge in [0.2, 0.25) is 5.82 Å². The summed E-state index contributed by atoms with van der Waals surface area (Å²) < 4.78 is 42.1. The van der Waals surface area contributed by atoms with Crippen LogP contribution in [0.15, 0.2) is 46.0 Å². The van der Waals surface area contributed by atoms with Crippen LogP contribution >= 0.6 is 24.0 Å². The highest BCUT2D eigenvalue weighted by molar-refractivity contribution is 14.0. The normalized spacial score (nSPS) is 11.8. The van der Waals surface area contributed by atoms with Crippen LogP contribution in [0.3, 0.4) is 0 Å². The maximum atomic E-state index is 13.6. The van der Waals surface area contributed by atoms with E-state index >= 15 is 0 Å². The van der Waals surface area contributed by atoms with Crippen LogP contribution in [-0.2, 0) is 28.7 Å². The third kappa shape index (κ3) is 6.79. The molecule has 2 aromatic heterocycles. The highest BCUT2D eigenvalue weighted by atomic mass is 127. The van der Waals surface area contributed by atoms with Crippen molar-refractivity contribution in [3.63, 3.8) is 0 Å². The van der Waals surface area contributed by atoms with E-state index in [2.05, 4.69) is 30.8 Å². The first kappa shape index (κ1) is 23.8. The smallest absolute Gasteiger partial charge is 0.216 e. The molecule has 0 radical (unpaired) electrons. The van der Waals surface area contributed by atoms with Gasteiger partial charge in [-0.2, -0.15) is 0 Å². The molecule has 162 valence electrons. The number of aromatic amines is 1. The monoisotopic (exact) mass is 548 g/mol. The number of nitrogens with zero attached hydrogens (tertiary/aromatic N) is 3. The average Bonchev–Trinajstić information content (AvgIpc) is 3.34. The van der Waals surface area contributed by atoms with Crippen molar-refractivity contribution in [2.75, 3.05) is 13.3 Å². The number of nitrogens with one attached hydrogen (secondary N) is 3. The van der Waals surface area contributed by atoms with Crippen molar-refractivity contribution < 1.29 is 17.2 Å². The van der Waals surface area contributed by atoms with Gasteiger partial charge >= 0.3 is 0 Å². The van der Waals surface area contributed by atoms with E-state index in [4.69, 9.17) is 4.42 Å². The van der Waals surface area contributed by atoms with Crippen LogP contribution in [0.25, 0.3) is 11.6 Å². The summed E-state index contributed by atoms with van der Waals surface area (Å²) >= 11 is 0. The molecule has 3 aromatic rings. The Morgan fingerprint density at radius 2 is 2.00 bits per heavy atom. The molecule has 0 aliphatic carbocycles. The average molecular weight is 548 g/mol. The van der Waals surface area contributed by atoms with Crippen molar-refractivity contribution in [1.82, 2.24) is 25.8 Å². The van der Waals surface area contributed by atoms with Crippen LogP contribution in [0.4, 0.5) is 4.39 Å². The number of sulfone groups is 1. The molecule has 0 amide bonds. The lowest BCUT2D eigenvalue weighted by Gasteiger charge is -2.13. The number of rotatable bonds is 7. The number of halogens is 2. The number of aliphatic imine (C=N–C) groups is 1. The number of guanidine groups is 1. The zero-order valence-electron chi connectivity index (χ0n) is 16.3. The van der Waals surface area contributed by atoms with E-state index in [-0.39, 0.29) is 36.3 Å². The van der Waals surface area contributed by atoms with Gasteiger partial charge in [-0.15, -0.1) is 29.1 Å². The molecular weight excluding hydrogens is 526 g/mol. The van der Waals surface area contributed by atoms with Gasteiger partial charge < -0.3 is 15.1 Å². The number of aromatic nitrogens is 3. The summed E-state index contributed by atoms with van der Waals surface area (Å²) in [4.78, 5) is 8.42. The fourth-order valence-corrected chi connectivity index (χ4v) is 3.49. The summed E-state index contributed by atoms with van der Waals surface area (Å²) in [5.74, 6) is 1.41. The highest BCUT2D eigenvalue weighted by Crippen LogP contribution is 2.15. The maximum Gasteiger partial charge on any atom is 0.216 e. The number of hydrogen-bond donors (Lipinski definition) is 3. The molecule has 2 heterocycles. The molecule has 0 saturated heterocycles. The van der Waals surface area contributed by atoms with Gasteiger partial charge in [-0.3, -0.25) is 10.1 Å². The highest BCUT2D eigenvalue weighted by Gasteiger charge is 2.12. The van der Waals surface area contributed by atoms with Gasteiger partial charge in [0, 0.05) is 19.8 Å². The van der Waals surface area contributed by atoms with E-state index in [0.29, 0.717) is 41.0 Å². The lowest BCUT2D eigenvalue weighted by Crippen LogP contribution is -2.36. The largest absolute Gasteiger partial charge is 0.461 e. The van der Waals surface area contributed by atoms with Gasteiger partial charge in [-0.05, 0) is 35.4 Å². The molecule has 3 N–H and O–H groups in total. The first-order valence-electron chi connectivity index (χ1n) is 8.69. The van der Waals surface area contributed by atoms with Crippen molar-refractivity contribution in [2.24, 2.45) is 4.99 Å². The second kappa shape index (κ2) is 10.5. The Morgan fingerprint density at radius 1 is 1.23 bits per heavy atom. The standard InChI is InChI=1S/C18H21FN6O3S.HI/c1-20-18(22-10-16-23-17(25-24-16)15-4-3-7-28-15)21-9-13-8-14(19)6-5-12(13)11-29(2,26)27;/h3-8H,9-11H2,1-2H3,(H2,20,21,22)(H,23,24,25);1H. The van der Waals surface area contributed by atoms with Gasteiger partial charge in [0.05, 0.1) is 18.6 Å². The molecule has 0 bridgehead atoms. The van der Waals surface area contributed by atoms with Gasteiger partial charge in [0.15, 0.2) is 21.6 Å². The summed E-state index contributed by atoms with van der Waals surface area (Å²) in [5.41, 5.74) is 1.08. The van der Waals surface area contributed by atoms with E-state index in [1.807, 2.05) is 0 Å². The van der Waals surface area contributed by atoms with Crippen molar-refractivity contribution in [3.05, 3.63) is 59.4 Å². The summed E-state index contributed by atoms with van der Waals surface area (Å²) in [6.45, 7) is 0.517. The number of hydrogen-bond acceptors (Lipinski definition) is 6. The van der Waals surface area contributed by atoms with Gasteiger partial charge in [0.25, 0.3) is 0 Å². The minimum absolute atomic E-state index is 0. The van der Waals surface area contributed by atoms with Gasteiger partial charge in [-0.1, -0.05) is 6.07 Å². The van der Waals surface area contributed by atoms with E-state index in [0.717, 1.165) is 6.26 Å². The lowest BCUT2D eigenvalue weighted by atomic mass is 10.1. The zero-order valence-corrected chi connectivity index (χ0v) is 19.5. The second-order valence-electron chi connectivity index (χ2n) is 6.35. The van der Waals surface area contributed by atoms with Crippen LogP contribution in [0.2, 0.25) is 0 Å². The Labute approximate surface area is 190 Å². The lowest BCUT2D eigenvalue weighted by molar-refractivity contribution is 0.577. The molecule has 0 unspecified atom stereocenters. The first-order chi connectivity index (χ1) is 13.8. The molecule has 0 fully saturated rings. The molecule has 12 heteroatoms. The van der Waals surface area contributed by atoms with Gasteiger partial charge in [-0.25, -0.2) is 17.8 Å². The topological polar surface area (TPSA) is 125 Å². The summed E-state index contributed by atoms with van der Waals surface area (Å²) in [5, 5.41) is 13.0. The van der Waals surface area contributed by atoms with Crippen LogP contribution in [0.1, 0.15) is 17.0 Å². The Morgan fingerprint density at radius 3 is 2.67 bits per heavy atom. The number of furan rings is 1. The van der Waals surface area contributed by atoms with Crippen molar-refractivity contribution in [1.29, 1.82) is 0 Å². The second-order valence-corrected chi connectivity index (χ2v) is 8.49. The fraction of sp³-hybridized carbons (Fsp3) is 0.278. The third-order valence-electron chi connectivity index (χ3n) is 3.95. The fourth-order valence-electron chi connectivity index (χ4n) is 2.64. The van der Waals surface area contributed by atoms with E-state index in [1.54, 1.807) is 25.4 Å². The number of benzene rings is 1. The SMILES string of the molecule is CN=C(NCc1nc(-c2ccco2)n[nH]1)NCc1cc(F)ccc1CS(C)(=O)=O.I.